The molecule has 1 atom stereocenters. The van der Waals surface area contributed by atoms with E-state index in [4.69, 9.17) is 5.73 Å². The molecule has 0 fully saturated rings. The van der Waals surface area contributed by atoms with Crippen LogP contribution in [-0.4, -0.2) is 28.7 Å². The lowest BCUT2D eigenvalue weighted by molar-refractivity contribution is -0.127. The first-order chi connectivity index (χ1) is 13.6. The van der Waals surface area contributed by atoms with Crippen molar-refractivity contribution in [2.24, 2.45) is 11.1 Å². The fourth-order valence-corrected chi connectivity index (χ4v) is 3.07. The van der Waals surface area contributed by atoms with Crippen molar-refractivity contribution in [2.75, 3.05) is 10.2 Å². The molecule has 0 spiro atoms. The Morgan fingerprint density at radius 3 is 2.24 bits per heavy atom. The number of aromatic nitrogens is 1. The third-order valence-electron chi connectivity index (χ3n) is 4.43. The lowest BCUT2D eigenvalue weighted by Gasteiger charge is -2.38. The molecule has 0 aliphatic rings. The first kappa shape index (κ1) is 22.1. The van der Waals surface area contributed by atoms with Gasteiger partial charge in [0.25, 0.3) is 0 Å². The number of nitrogens with two attached hydrogens (primary N) is 1. The summed E-state index contributed by atoms with van der Waals surface area (Å²) in [6.07, 6.45) is 1.47. The van der Waals surface area contributed by atoms with Crippen molar-refractivity contribution >= 4 is 29.2 Å². The smallest absolute Gasteiger partial charge is 0.241 e. The van der Waals surface area contributed by atoms with Crippen molar-refractivity contribution in [1.82, 2.24) is 4.98 Å². The van der Waals surface area contributed by atoms with Crippen LogP contribution in [0.15, 0.2) is 48.7 Å². The number of benzene rings is 1. The third-order valence-corrected chi connectivity index (χ3v) is 4.43. The van der Waals surface area contributed by atoms with Crippen molar-refractivity contribution < 1.29 is 14.4 Å². The van der Waals surface area contributed by atoms with Crippen LogP contribution in [0.4, 0.5) is 11.5 Å². The van der Waals surface area contributed by atoms with Crippen molar-refractivity contribution in [3.63, 3.8) is 0 Å². The van der Waals surface area contributed by atoms with E-state index in [0.717, 1.165) is 5.56 Å². The zero-order chi connectivity index (χ0) is 21.6. The molecule has 0 aliphatic carbocycles. The van der Waals surface area contributed by atoms with Gasteiger partial charge in [0.15, 0.2) is 0 Å². The Kier molecular flexibility index (Phi) is 7.09. The average Bonchev–Trinajstić information content (AvgIpc) is 2.64. The number of amides is 3. The Morgan fingerprint density at radius 1 is 1.07 bits per heavy atom. The largest absolute Gasteiger partial charge is 0.368 e. The number of primary amides is 1. The molecule has 1 heterocycles. The summed E-state index contributed by atoms with van der Waals surface area (Å²) < 4.78 is 0. The van der Waals surface area contributed by atoms with Gasteiger partial charge in [0.1, 0.15) is 11.9 Å². The minimum absolute atomic E-state index is 0.0343. The van der Waals surface area contributed by atoms with Crippen LogP contribution in [0.3, 0.4) is 0 Å². The van der Waals surface area contributed by atoms with Gasteiger partial charge in [-0.25, -0.2) is 4.98 Å². The number of carbonyl (C=O) groups excluding carboxylic acids is 3. The highest BCUT2D eigenvalue weighted by atomic mass is 16.2. The van der Waals surface area contributed by atoms with E-state index in [-0.39, 0.29) is 24.7 Å². The zero-order valence-electron chi connectivity index (χ0n) is 17.3. The van der Waals surface area contributed by atoms with Crippen LogP contribution in [-0.2, 0) is 14.4 Å². The molecule has 154 valence electrons. The van der Waals surface area contributed by atoms with Gasteiger partial charge in [-0.2, -0.15) is 0 Å². The number of carbonyl (C=O) groups is 3. The van der Waals surface area contributed by atoms with E-state index in [9.17, 15) is 14.4 Å². The lowest BCUT2D eigenvalue weighted by Crippen LogP contribution is -2.55. The normalized spacial score (nSPS) is 12.1. The standard InChI is InChI=1S/C22H28N4O3/c1-15-8-10-16(11-9-15)26(20(21(23)29)22(2,3)4)19(28)13-12-18(27)25-17-7-5-6-14-24-17/h5-11,14,20H,12-13H2,1-4H3,(H2,23,29)(H,24,25,27). The van der Waals surface area contributed by atoms with Crippen molar-refractivity contribution in [3.8, 4) is 0 Å². The van der Waals surface area contributed by atoms with Crippen molar-refractivity contribution in [1.29, 1.82) is 0 Å². The molecule has 0 saturated carbocycles. The summed E-state index contributed by atoms with van der Waals surface area (Å²) in [4.78, 5) is 43.0. The molecule has 7 heteroatoms. The van der Waals surface area contributed by atoms with Gasteiger partial charge in [-0.05, 0) is 36.6 Å². The van der Waals surface area contributed by atoms with Crippen LogP contribution in [0.1, 0.15) is 39.2 Å². The molecule has 3 amide bonds. The van der Waals surface area contributed by atoms with Gasteiger partial charge >= 0.3 is 0 Å². The van der Waals surface area contributed by atoms with Crippen LogP contribution in [0, 0.1) is 12.3 Å². The molecule has 1 aromatic heterocycles. The number of hydrogen-bond donors (Lipinski definition) is 2. The molecule has 7 nitrogen and oxygen atoms in total. The maximum atomic E-state index is 13.1. The maximum Gasteiger partial charge on any atom is 0.241 e. The lowest BCUT2D eigenvalue weighted by atomic mass is 9.84. The fourth-order valence-electron chi connectivity index (χ4n) is 3.07. The van der Waals surface area contributed by atoms with E-state index in [0.29, 0.717) is 11.5 Å². The van der Waals surface area contributed by atoms with Gasteiger partial charge < -0.3 is 11.1 Å². The molecular weight excluding hydrogens is 368 g/mol. The van der Waals surface area contributed by atoms with Crippen LogP contribution in [0.2, 0.25) is 0 Å². The second-order valence-electron chi connectivity index (χ2n) is 8.03. The first-order valence-corrected chi connectivity index (χ1v) is 9.48. The van der Waals surface area contributed by atoms with Crippen molar-refractivity contribution in [2.45, 2.75) is 46.6 Å². The summed E-state index contributed by atoms with van der Waals surface area (Å²) in [5.41, 5.74) is 6.69. The molecule has 0 saturated heterocycles. The van der Waals surface area contributed by atoms with E-state index < -0.39 is 17.4 Å². The zero-order valence-corrected chi connectivity index (χ0v) is 17.3. The summed E-state index contributed by atoms with van der Waals surface area (Å²) in [5, 5.41) is 2.65. The summed E-state index contributed by atoms with van der Waals surface area (Å²) in [6.45, 7) is 7.49. The van der Waals surface area contributed by atoms with Crippen LogP contribution in [0.25, 0.3) is 0 Å². The second-order valence-corrected chi connectivity index (χ2v) is 8.03. The monoisotopic (exact) mass is 396 g/mol. The number of nitrogens with one attached hydrogen (secondary N) is 1. The molecule has 1 unspecified atom stereocenters. The van der Waals surface area contributed by atoms with E-state index in [1.54, 1.807) is 36.5 Å². The summed E-state index contributed by atoms with van der Waals surface area (Å²) >= 11 is 0. The predicted molar refractivity (Wildman–Crippen MR) is 113 cm³/mol. The highest BCUT2D eigenvalue weighted by Gasteiger charge is 2.38. The molecular formula is C22H28N4O3. The molecule has 0 aliphatic heterocycles. The third kappa shape index (κ3) is 6.14. The molecule has 2 rings (SSSR count). The Morgan fingerprint density at radius 2 is 1.72 bits per heavy atom. The Labute approximate surface area is 171 Å². The predicted octanol–water partition coefficient (Wildman–Crippen LogP) is 3.04. The van der Waals surface area contributed by atoms with Crippen LogP contribution in [0.5, 0.6) is 0 Å². The Hall–Kier alpha value is -3.22. The minimum atomic E-state index is -0.850. The van der Waals surface area contributed by atoms with Crippen molar-refractivity contribution in [3.05, 3.63) is 54.2 Å². The number of aryl methyl sites for hydroxylation is 1. The second kappa shape index (κ2) is 9.32. The SMILES string of the molecule is Cc1ccc(N(C(=O)CCC(=O)Nc2ccccn2)C(C(N)=O)C(C)(C)C)cc1. The maximum absolute atomic E-state index is 13.1. The first-order valence-electron chi connectivity index (χ1n) is 9.48. The summed E-state index contributed by atoms with van der Waals surface area (Å²) in [7, 11) is 0. The summed E-state index contributed by atoms with van der Waals surface area (Å²) in [6, 6.07) is 11.6. The van der Waals surface area contributed by atoms with Gasteiger partial charge in [0, 0.05) is 24.7 Å². The Bertz CT molecular complexity index is 858. The Balaban J connectivity index is 2.21. The van der Waals surface area contributed by atoms with E-state index in [1.165, 1.54) is 4.90 Å². The molecule has 2 aromatic rings. The highest BCUT2D eigenvalue weighted by molar-refractivity contribution is 6.02. The summed E-state index contributed by atoms with van der Waals surface area (Å²) in [5.74, 6) is -0.842. The van der Waals surface area contributed by atoms with Gasteiger partial charge in [-0.1, -0.05) is 44.5 Å². The molecule has 1 aromatic carbocycles. The van der Waals surface area contributed by atoms with E-state index >= 15 is 0 Å². The molecule has 0 radical (unpaired) electrons. The van der Waals surface area contributed by atoms with Crippen LogP contribution < -0.4 is 16.0 Å². The minimum Gasteiger partial charge on any atom is -0.368 e. The molecule has 0 bridgehead atoms. The van der Waals surface area contributed by atoms with Gasteiger partial charge in [0.2, 0.25) is 17.7 Å². The number of pyridine rings is 1. The topological polar surface area (TPSA) is 105 Å². The molecule has 3 N–H and O–H groups in total. The highest BCUT2D eigenvalue weighted by Crippen LogP contribution is 2.30. The number of hydrogen-bond acceptors (Lipinski definition) is 4. The van der Waals surface area contributed by atoms with E-state index in [2.05, 4.69) is 10.3 Å². The number of nitrogens with zero attached hydrogens (tertiary/aromatic N) is 2. The van der Waals surface area contributed by atoms with Gasteiger partial charge in [-0.15, -0.1) is 0 Å². The van der Waals surface area contributed by atoms with Gasteiger partial charge in [-0.3, -0.25) is 19.3 Å². The molecule has 29 heavy (non-hydrogen) atoms. The number of rotatable bonds is 7. The van der Waals surface area contributed by atoms with E-state index in [1.807, 2.05) is 39.8 Å². The fraction of sp³-hybridized carbons (Fsp3) is 0.364. The van der Waals surface area contributed by atoms with Gasteiger partial charge in [0.05, 0.1) is 0 Å². The quantitative estimate of drug-likeness (QED) is 0.750. The van der Waals surface area contributed by atoms with Crippen LogP contribution >= 0.6 is 0 Å². The number of anilines is 2. The average molecular weight is 396 g/mol.